The zero-order valence-corrected chi connectivity index (χ0v) is 19.3. The van der Waals surface area contributed by atoms with Gasteiger partial charge in [0, 0.05) is 24.9 Å². The van der Waals surface area contributed by atoms with Gasteiger partial charge in [0.15, 0.2) is 5.16 Å². The predicted octanol–water partition coefficient (Wildman–Crippen LogP) is 5.25. The summed E-state index contributed by atoms with van der Waals surface area (Å²) in [4.78, 5) is 5.10. The van der Waals surface area contributed by atoms with Crippen molar-refractivity contribution in [3.05, 3.63) is 53.6 Å². The lowest BCUT2D eigenvalue weighted by Gasteiger charge is -2.18. The zero-order valence-electron chi connectivity index (χ0n) is 17.7. The van der Waals surface area contributed by atoms with Crippen LogP contribution in [0.5, 0.6) is 0 Å². The smallest absolute Gasteiger partial charge is 0.243 e. The maximum Gasteiger partial charge on any atom is 0.243 e. The molecule has 0 spiro atoms. The molecule has 0 amide bonds. The van der Waals surface area contributed by atoms with Gasteiger partial charge in [-0.05, 0) is 44.5 Å². The maximum absolute atomic E-state index is 12.9. The molecule has 0 bridgehead atoms. The minimum absolute atomic E-state index is 0.227. The van der Waals surface area contributed by atoms with E-state index in [1.54, 1.807) is 23.9 Å². The van der Waals surface area contributed by atoms with Gasteiger partial charge in [0.25, 0.3) is 0 Å². The van der Waals surface area contributed by atoms with Crippen molar-refractivity contribution in [2.24, 2.45) is 0 Å². The largest absolute Gasteiger partial charge is 0.316 e. The molecule has 0 unspecified atom stereocenters. The molecule has 0 aliphatic heterocycles. The lowest BCUT2D eigenvalue weighted by molar-refractivity contribution is 0.445. The molecule has 1 aromatic heterocycles. The van der Waals surface area contributed by atoms with Gasteiger partial charge in [-0.1, -0.05) is 55.4 Å². The number of benzene rings is 2. The lowest BCUT2D eigenvalue weighted by Crippen LogP contribution is -2.30. The van der Waals surface area contributed by atoms with Gasteiger partial charge in [0.1, 0.15) is 0 Å². The molecule has 0 saturated heterocycles. The second-order valence-corrected chi connectivity index (χ2v) is 10.3. The van der Waals surface area contributed by atoms with Gasteiger partial charge in [-0.25, -0.2) is 13.4 Å². The molecule has 7 heteroatoms. The monoisotopic (exact) mass is 431 g/mol. The van der Waals surface area contributed by atoms with Gasteiger partial charge in [0.05, 0.1) is 15.9 Å². The van der Waals surface area contributed by atoms with Crippen LogP contribution in [0, 0.1) is 6.92 Å². The molecule has 5 nitrogen and oxygen atoms in total. The Kier molecular flexibility index (Phi) is 6.71. The minimum atomic E-state index is -3.50. The molecule has 1 heterocycles. The van der Waals surface area contributed by atoms with E-state index in [1.807, 2.05) is 19.9 Å². The molecular weight excluding hydrogens is 402 g/mol. The fourth-order valence-corrected chi connectivity index (χ4v) is 6.05. The fraction of sp³-hybridized carbons (Fsp3) is 0.409. The van der Waals surface area contributed by atoms with Crippen LogP contribution >= 0.6 is 11.8 Å². The van der Waals surface area contributed by atoms with Crippen LogP contribution in [-0.4, -0.2) is 35.4 Å². The van der Waals surface area contributed by atoms with E-state index in [2.05, 4.69) is 49.6 Å². The number of aryl methyl sites for hydroxylation is 1. The van der Waals surface area contributed by atoms with Gasteiger partial charge < -0.3 is 4.57 Å². The normalized spacial score (nSPS) is 12.4. The quantitative estimate of drug-likeness (QED) is 0.457. The maximum atomic E-state index is 12.9. The van der Waals surface area contributed by atoms with E-state index in [9.17, 15) is 8.42 Å². The van der Waals surface area contributed by atoms with Crippen LogP contribution < -0.4 is 0 Å². The Morgan fingerprint density at radius 2 is 1.83 bits per heavy atom. The van der Waals surface area contributed by atoms with Crippen molar-refractivity contribution < 1.29 is 8.42 Å². The Bertz CT molecular complexity index is 1100. The number of hydrogen-bond acceptors (Lipinski definition) is 4. The molecule has 0 saturated carbocycles. The summed E-state index contributed by atoms with van der Waals surface area (Å²) in [7, 11) is -3.50. The lowest BCUT2D eigenvalue weighted by atomic mass is 10.2. The van der Waals surface area contributed by atoms with Crippen molar-refractivity contribution in [2.75, 3.05) is 13.1 Å². The third-order valence-corrected chi connectivity index (χ3v) is 8.01. The highest BCUT2D eigenvalue weighted by molar-refractivity contribution is 7.98. The third kappa shape index (κ3) is 4.52. The van der Waals surface area contributed by atoms with E-state index >= 15 is 0 Å². The van der Waals surface area contributed by atoms with E-state index in [-0.39, 0.29) is 6.04 Å². The number of fused-ring (bicyclic) bond motifs is 1. The van der Waals surface area contributed by atoms with E-state index in [0.29, 0.717) is 18.0 Å². The second-order valence-electron chi connectivity index (χ2n) is 7.38. The average Bonchev–Trinajstić information content (AvgIpc) is 3.05. The zero-order chi connectivity index (χ0) is 21.2. The van der Waals surface area contributed by atoms with E-state index in [4.69, 9.17) is 4.98 Å². The number of hydrogen-bond donors (Lipinski definition) is 0. The molecule has 3 rings (SSSR count). The highest BCUT2D eigenvalue weighted by Gasteiger charge is 2.23. The molecule has 2 aromatic carbocycles. The summed E-state index contributed by atoms with van der Waals surface area (Å²) in [6.07, 6.45) is 0. The molecule has 29 heavy (non-hydrogen) atoms. The van der Waals surface area contributed by atoms with E-state index < -0.39 is 10.0 Å². The summed E-state index contributed by atoms with van der Waals surface area (Å²) in [5, 5.41) is 0.911. The molecule has 0 radical (unpaired) electrons. The number of imidazole rings is 1. The molecular formula is C22H29N3O2S2. The molecule has 0 aliphatic carbocycles. The highest BCUT2D eigenvalue weighted by atomic mass is 32.2. The molecule has 0 N–H and O–H groups in total. The second kappa shape index (κ2) is 8.90. The van der Waals surface area contributed by atoms with Crippen LogP contribution in [0.25, 0.3) is 11.0 Å². The number of nitrogens with zero attached hydrogens (tertiary/aromatic N) is 3. The number of aromatic nitrogens is 2. The first kappa shape index (κ1) is 21.9. The van der Waals surface area contributed by atoms with E-state index in [0.717, 1.165) is 21.9 Å². The van der Waals surface area contributed by atoms with Crippen molar-refractivity contribution in [1.82, 2.24) is 13.9 Å². The summed E-state index contributed by atoms with van der Waals surface area (Å²) < 4.78 is 29.4. The van der Waals surface area contributed by atoms with Crippen molar-refractivity contribution in [2.45, 2.75) is 56.5 Å². The molecule has 0 fully saturated rings. The Morgan fingerprint density at radius 1 is 1.10 bits per heavy atom. The van der Waals surface area contributed by atoms with Crippen LogP contribution in [0.1, 0.15) is 44.9 Å². The van der Waals surface area contributed by atoms with Gasteiger partial charge in [-0.15, -0.1) is 0 Å². The van der Waals surface area contributed by atoms with Crippen LogP contribution in [0.3, 0.4) is 0 Å². The minimum Gasteiger partial charge on any atom is -0.316 e. The van der Waals surface area contributed by atoms with Gasteiger partial charge in [-0.3, -0.25) is 0 Å². The van der Waals surface area contributed by atoms with Crippen molar-refractivity contribution in [3.8, 4) is 0 Å². The molecule has 156 valence electrons. The van der Waals surface area contributed by atoms with Crippen molar-refractivity contribution in [1.29, 1.82) is 0 Å². The summed E-state index contributed by atoms with van der Waals surface area (Å²) in [6.45, 7) is 11.0. The average molecular weight is 432 g/mol. The van der Waals surface area contributed by atoms with Crippen LogP contribution in [0.4, 0.5) is 0 Å². The first-order valence-corrected chi connectivity index (χ1v) is 12.4. The topological polar surface area (TPSA) is 55.2 Å². The van der Waals surface area contributed by atoms with Gasteiger partial charge in [0.2, 0.25) is 10.0 Å². The molecule has 0 atom stereocenters. The first-order chi connectivity index (χ1) is 13.8. The Morgan fingerprint density at radius 3 is 2.45 bits per heavy atom. The summed E-state index contributed by atoms with van der Waals surface area (Å²) in [6, 6.07) is 14.0. The molecule has 3 aromatic rings. The Balaban J connectivity index is 1.99. The number of thioether (sulfide) groups is 1. The standard InChI is InChI=1S/C22H29N3O2S2/c1-6-24(7-2)29(26,27)19-11-12-21-20(14-19)23-22(25(21)16(3)4)28-15-18-10-8-9-17(5)13-18/h8-14,16H,6-7,15H2,1-5H3. The van der Waals surface area contributed by atoms with E-state index in [1.165, 1.54) is 15.4 Å². The van der Waals surface area contributed by atoms with Crippen molar-refractivity contribution >= 4 is 32.8 Å². The van der Waals surface area contributed by atoms with Gasteiger partial charge >= 0.3 is 0 Å². The Hall–Kier alpha value is -1.83. The Labute approximate surface area is 178 Å². The number of sulfonamides is 1. The summed E-state index contributed by atoms with van der Waals surface area (Å²) in [5.41, 5.74) is 4.18. The van der Waals surface area contributed by atoms with Crippen LogP contribution in [0.2, 0.25) is 0 Å². The molecule has 0 aliphatic rings. The predicted molar refractivity (Wildman–Crippen MR) is 121 cm³/mol. The summed E-state index contributed by atoms with van der Waals surface area (Å²) >= 11 is 1.68. The highest BCUT2D eigenvalue weighted by Crippen LogP contribution is 2.31. The van der Waals surface area contributed by atoms with Crippen LogP contribution in [0.15, 0.2) is 52.5 Å². The number of rotatable bonds is 8. The van der Waals surface area contributed by atoms with Crippen LogP contribution in [-0.2, 0) is 15.8 Å². The van der Waals surface area contributed by atoms with Crippen molar-refractivity contribution in [3.63, 3.8) is 0 Å². The third-order valence-electron chi connectivity index (χ3n) is 4.94. The van der Waals surface area contributed by atoms with Gasteiger partial charge in [-0.2, -0.15) is 4.31 Å². The summed E-state index contributed by atoms with van der Waals surface area (Å²) in [5.74, 6) is 0.822. The first-order valence-electron chi connectivity index (χ1n) is 9.98. The fourth-order valence-electron chi connectivity index (χ4n) is 3.48. The SMILES string of the molecule is CCN(CC)S(=O)(=O)c1ccc2c(c1)nc(SCc1cccc(C)c1)n2C(C)C.